The lowest BCUT2D eigenvalue weighted by molar-refractivity contribution is 0.0696. The maximum atomic E-state index is 11.4. The first-order valence-corrected chi connectivity index (χ1v) is 6.42. The first kappa shape index (κ1) is 11.3. The smallest absolute Gasteiger partial charge is 0.335 e. The Hall–Kier alpha value is -2.56. The summed E-state index contributed by atoms with van der Waals surface area (Å²) in [6.45, 7) is 0. The van der Waals surface area contributed by atoms with Crippen molar-refractivity contribution < 1.29 is 14.6 Å². The number of benzene rings is 1. The minimum absolute atomic E-state index is 0.143. The summed E-state index contributed by atoms with van der Waals surface area (Å²) in [5.41, 5.74) is 1.89. The molecule has 0 spiro atoms. The van der Waals surface area contributed by atoms with Gasteiger partial charge in [-0.2, -0.15) is 0 Å². The fourth-order valence-electron chi connectivity index (χ4n) is 2.88. The van der Waals surface area contributed by atoms with Crippen molar-refractivity contribution in [2.75, 3.05) is 0 Å². The number of carboxylic acids is 1. The molecule has 0 bridgehead atoms. The van der Waals surface area contributed by atoms with Crippen molar-refractivity contribution in [2.24, 2.45) is 0 Å². The summed E-state index contributed by atoms with van der Waals surface area (Å²) in [6, 6.07) is 8.02. The van der Waals surface area contributed by atoms with E-state index in [9.17, 15) is 9.59 Å². The molecule has 2 N–H and O–H groups in total. The molecule has 0 radical (unpaired) electrons. The SMILES string of the molecule is O=C(O)c1ccc2c(c1)Oc1ccc(=O)[nH]c1C1CC21. The van der Waals surface area contributed by atoms with Gasteiger partial charge in [-0.15, -0.1) is 0 Å². The Morgan fingerprint density at radius 2 is 2.05 bits per heavy atom. The van der Waals surface area contributed by atoms with E-state index in [1.165, 1.54) is 6.07 Å². The molecule has 2 atom stereocenters. The van der Waals surface area contributed by atoms with Crippen LogP contribution in [0.2, 0.25) is 0 Å². The number of pyridine rings is 1. The molecule has 1 fully saturated rings. The third-order valence-corrected chi connectivity index (χ3v) is 3.95. The molecule has 5 heteroatoms. The molecule has 2 heterocycles. The van der Waals surface area contributed by atoms with Crippen LogP contribution in [0, 0.1) is 0 Å². The quantitative estimate of drug-likeness (QED) is 0.833. The molecule has 1 aromatic carbocycles. The van der Waals surface area contributed by atoms with Crippen molar-refractivity contribution >= 4 is 5.97 Å². The third-order valence-electron chi connectivity index (χ3n) is 3.95. The van der Waals surface area contributed by atoms with Gasteiger partial charge in [0.1, 0.15) is 11.5 Å². The number of carbonyl (C=O) groups is 1. The van der Waals surface area contributed by atoms with Crippen LogP contribution in [-0.2, 0) is 0 Å². The van der Waals surface area contributed by atoms with Gasteiger partial charge < -0.3 is 14.8 Å². The van der Waals surface area contributed by atoms with Crippen LogP contribution in [-0.4, -0.2) is 16.1 Å². The lowest BCUT2D eigenvalue weighted by atomic mass is 10.0. The number of carboxylic acid groups (broad SMARTS) is 1. The summed E-state index contributed by atoms with van der Waals surface area (Å²) in [5, 5.41) is 9.06. The Morgan fingerprint density at radius 1 is 1.20 bits per heavy atom. The molecule has 100 valence electrons. The van der Waals surface area contributed by atoms with Gasteiger partial charge in [-0.3, -0.25) is 4.79 Å². The molecule has 2 aliphatic rings. The van der Waals surface area contributed by atoms with Crippen LogP contribution in [0.25, 0.3) is 0 Å². The third kappa shape index (κ3) is 1.56. The average Bonchev–Trinajstić information content (AvgIpc) is 3.20. The van der Waals surface area contributed by atoms with Crippen LogP contribution in [0.5, 0.6) is 11.5 Å². The van der Waals surface area contributed by atoms with Crippen molar-refractivity contribution in [3.8, 4) is 11.5 Å². The Balaban J connectivity index is 1.89. The molecule has 4 rings (SSSR count). The highest BCUT2D eigenvalue weighted by Crippen LogP contribution is 2.60. The predicted octanol–water partition coefficient (Wildman–Crippen LogP) is 2.45. The average molecular weight is 269 g/mol. The second-order valence-corrected chi connectivity index (χ2v) is 5.21. The minimum Gasteiger partial charge on any atom is -0.478 e. The topological polar surface area (TPSA) is 79.4 Å². The van der Waals surface area contributed by atoms with Gasteiger partial charge in [0.2, 0.25) is 5.56 Å². The maximum absolute atomic E-state index is 11.4. The summed E-state index contributed by atoms with van der Waals surface area (Å²) in [6.07, 6.45) is 0.954. The van der Waals surface area contributed by atoms with Gasteiger partial charge in [0.15, 0.2) is 0 Å². The molecule has 1 aliphatic heterocycles. The van der Waals surface area contributed by atoms with Crippen LogP contribution in [0.15, 0.2) is 35.1 Å². The lowest BCUT2D eigenvalue weighted by Crippen LogP contribution is -2.07. The molecule has 0 saturated heterocycles. The van der Waals surface area contributed by atoms with Crippen LogP contribution in [0.1, 0.15) is 39.9 Å². The van der Waals surface area contributed by atoms with Crippen LogP contribution < -0.4 is 10.3 Å². The maximum Gasteiger partial charge on any atom is 0.335 e. The Kier molecular flexibility index (Phi) is 2.10. The Morgan fingerprint density at radius 3 is 2.85 bits per heavy atom. The second-order valence-electron chi connectivity index (χ2n) is 5.21. The van der Waals surface area contributed by atoms with Crippen molar-refractivity contribution in [1.82, 2.24) is 4.98 Å². The molecule has 2 unspecified atom stereocenters. The molecular formula is C15H11NO4. The van der Waals surface area contributed by atoms with E-state index in [0.717, 1.165) is 17.7 Å². The van der Waals surface area contributed by atoms with E-state index in [-0.39, 0.29) is 17.0 Å². The molecule has 1 saturated carbocycles. The summed E-state index contributed by atoms with van der Waals surface area (Å²) >= 11 is 0. The Bertz CT molecular complexity index is 793. The van der Waals surface area contributed by atoms with E-state index in [2.05, 4.69) is 4.98 Å². The fourth-order valence-corrected chi connectivity index (χ4v) is 2.88. The molecule has 1 aromatic heterocycles. The molecule has 1 aliphatic carbocycles. The van der Waals surface area contributed by atoms with Crippen molar-refractivity contribution in [3.63, 3.8) is 0 Å². The zero-order valence-corrected chi connectivity index (χ0v) is 10.4. The van der Waals surface area contributed by atoms with Crippen molar-refractivity contribution in [2.45, 2.75) is 18.3 Å². The van der Waals surface area contributed by atoms with Gasteiger partial charge in [0.05, 0.1) is 11.3 Å². The lowest BCUT2D eigenvalue weighted by Gasteiger charge is -2.10. The molecule has 20 heavy (non-hydrogen) atoms. The zero-order valence-electron chi connectivity index (χ0n) is 10.4. The van der Waals surface area contributed by atoms with Gasteiger partial charge >= 0.3 is 5.97 Å². The molecule has 5 nitrogen and oxygen atoms in total. The van der Waals surface area contributed by atoms with Gasteiger partial charge in [-0.05, 0) is 36.1 Å². The molecule has 0 amide bonds. The van der Waals surface area contributed by atoms with Gasteiger partial charge in [-0.1, -0.05) is 6.07 Å². The number of hydrogen-bond acceptors (Lipinski definition) is 3. The van der Waals surface area contributed by atoms with Gasteiger partial charge in [0, 0.05) is 12.0 Å². The second kappa shape index (κ2) is 3.72. The summed E-state index contributed by atoms with van der Waals surface area (Å²) in [4.78, 5) is 25.3. The number of nitrogens with one attached hydrogen (secondary N) is 1. The number of aromatic carboxylic acids is 1. The fraction of sp³-hybridized carbons (Fsp3) is 0.200. The molecular weight excluding hydrogens is 258 g/mol. The first-order chi connectivity index (χ1) is 9.63. The van der Waals surface area contributed by atoms with E-state index in [0.29, 0.717) is 17.4 Å². The van der Waals surface area contributed by atoms with E-state index in [1.54, 1.807) is 18.2 Å². The van der Waals surface area contributed by atoms with Gasteiger partial charge in [0.25, 0.3) is 0 Å². The number of fused-ring (bicyclic) bond motifs is 5. The summed E-state index contributed by atoms with van der Waals surface area (Å²) < 4.78 is 5.82. The highest BCUT2D eigenvalue weighted by Gasteiger charge is 2.45. The van der Waals surface area contributed by atoms with Crippen molar-refractivity contribution in [3.05, 3.63) is 57.5 Å². The minimum atomic E-state index is -0.977. The number of ether oxygens (including phenoxy) is 1. The zero-order chi connectivity index (χ0) is 13.9. The van der Waals surface area contributed by atoms with Crippen LogP contribution in [0.3, 0.4) is 0 Å². The highest BCUT2D eigenvalue weighted by molar-refractivity contribution is 5.88. The first-order valence-electron chi connectivity index (χ1n) is 6.42. The number of hydrogen-bond donors (Lipinski definition) is 2. The Labute approximate surface area is 113 Å². The van der Waals surface area contributed by atoms with Gasteiger partial charge in [-0.25, -0.2) is 4.79 Å². The number of rotatable bonds is 1. The largest absolute Gasteiger partial charge is 0.478 e. The van der Waals surface area contributed by atoms with Crippen LogP contribution >= 0.6 is 0 Å². The number of aromatic amines is 1. The van der Waals surface area contributed by atoms with E-state index >= 15 is 0 Å². The predicted molar refractivity (Wildman–Crippen MR) is 70.6 cm³/mol. The normalized spacial score (nSPS) is 21.8. The van der Waals surface area contributed by atoms with Crippen molar-refractivity contribution in [1.29, 1.82) is 0 Å². The van der Waals surface area contributed by atoms with E-state index in [1.807, 2.05) is 6.07 Å². The molecule has 2 aromatic rings. The summed E-state index contributed by atoms with van der Waals surface area (Å²) in [7, 11) is 0. The van der Waals surface area contributed by atoms with E-state index < -0.39 is 5.97 Å². The monoisotopic (exact) mass is 269 g/mol. The number of H-pyrrole nitrogens is 1. The number of aromatic nitrogens is 1. The summed E-state index contributed by atoms with van der Waals surface area (Å²) in [5.74, 6) is 0.763. The standard InChI is InChI=1S/C15H11NO4/c17-13-4-3-11-14(16-13)10-6-9(10)8-2-1-7(15(18)19)5-12(8)20-11/h1-5,9-10H,6H2,(H,16,17)(H,18,19). The highest BCUT2D eigenvalue weighted by atomic mass is 16.5. The van der Waals surface area contributed by atoms with E-state index in [4.69, 9.17) is 9.84 Å². The van der Waals surface area contributed by atoms with Crippen LogP contribution in [0.4, 0.5) is 0 Å².